The van der Waals surface area contributed by atoms with Gasteiger partial charge in [0.2, 0.25) is 0 Å². The van der Waals surface area contributed by atoms with Crippen molar-refractivity contribution in [1.82, 2.24) is 4.90 Å². The van der Waals surface area contributed by atoms with E-state index in [1.54, 1.807) is 0 Å². The molecular formula is C26H34ClNO2. The van der Waals surface area contributed by atoms with E-state index in [9.17, 15) is 5.11 Å². The van der Waals surface area contributed by atoms with Gasteiger partial charge in [0.1, 0.15) is 5.75 Å². The third-order valence-corrected chi connectivity index (χ3v) is 7.58. The maximum absolute atomic E-state index is 11.3. The Morgan fingerprint density at radius 1 is 1.10 bits per heavy atom. The number of nitrogens with zero attached hydrogens (tertiary/aromatic N) is 1. The monoisotopic (exact) mass is 427 g/mol. The Labute approximate surface area is 186 Å². The maximum Gasteiger partial charge on any atom is 0.119 e. The van der Waals surface area contributed by atoms with Crippen molar-refractivity contribution in [2.45, 2.75) is 63.5 Å². The molecule has 0 radical (unpaired) electrons. The van der Waals surface area contributed by atoms with Gasteiger partial charge < -0.3 is 9.84 Å². The third-order valence-electron chi connectivity index (χ3n) is 7.33. The first-order valence-corrected chi connectivity index (χ1v) is 11.7. The average Bonchev–Trinajstić information content (AvgIpc) is 2.70. The first-order valence-electron chi connectivity index (χ1n) is 11.3. The molecule has 4 heteroatoms. The number of benzene rings is 2. The summed E-state index contributed by atoms with van der Waals surface area (Å²) in [6.07, 6.45) is 5.27. The van der Waals surface area contributed by atoms with E-state index in [2.05, 4.69) is 55.1 Å². The quantitative estimate of drug-likeness (QED) is 0.623. The largest absolute Gasteiger partial charge is 0.493 e. The van der Waals surface area contributed by atoms with Crippen molar-refractivity contribution in [2.24, 2.45) is 5.92 Å². The summed E-state index contributed by atoms with van der Waals surface area (Å²) in [7, 11) is 0. The van der Waals surface area contributed by atoms with Crippen molar-refractivity contribution < 1.29 is 9.84 Å². The Kier molecular flexibility index (Phi) is 6.72. The minimum Gasteiger partial charge on any atom is -0.493 e. The van der Waals surface area contributed by atoms with Crippen LogP contribution < -0.4 is 4.74 Å². The SMILES string of the molecule is Cc1ccc(OC[C@@H]2CC[C@@H](C)N(C[C@H](O)C3(c4ccc(Cl)cc4)CCC3)C2)cc1. The van der Waals surface area contributed by atoms with Crippen molar-refractivity contribution in [3.05, 3.63) is 64.7 Å². The smallest absolute Gasteiger partial charge is 0.119 e. The fourth-order valence-corrected chi connectivity index (χ4v) is 5.18. The van der Waals surface area contributed by atoms with Crippen LogP contribution in [0.4, 0.5) is 0 Å². The highest BCUT2D eigenvalue weighted by Gasteiger charge is 2.46. The van der Waals surface area contributed by atoms with Crippen LogP contribution in [0.5, 0.6) is 5.75 Å². The van der Waals surface area contributed by atoms with Crippen LogP contribution in [-0.4, -0.2) is 41.8 Å². The first kappa shape index (κ1) is 21.7. The first-order chi connectivity index (χ1) is 14.5. The molecule has 2 aromatic carbocycles. The van der Waals surface area contributed by atoms with Gasteiger partial charge in [-0.2, -0.15) is 0 Å². The summed E-state index contributed by atoms with van der Waals surface area (Å²) in [6, 6.07) is 16.9. The molecular weight excluding hydrogens is 394 g/mol. The predicted molar refractivity (Wildman–Crippen MR) is 123 cm³/mol. The topological polar surface area (TPSA) is 32.7 Å². The van der Waals surface area contributed by atoms with Crippen molar-refractivity contribution in [3.63, 3.8) is 0 Å². The highest BCUT2D eigenvalue weighted by Crippen LogP contribution is 2.47. The molecule has 3 atom stereocenters. The lowest BCUT2D eigenvalue weighted by Crippen LogP contribution is -2.54. The van der Waals surface area contributed by atoms with Gasteiger partial charge in [-0.1, -0.05) is 47.9 Å². The zero-order chi connectivity index (χ0) is 21.1. The van der Waals surface area contributed by atoms with Gasteiger partial charge >= 0.3 is 0 Å². The Balaban J connectivity index is 1.37. The van der Waals surface area contributed by atoms with Crippen LogP contribution in [0.15, 0.2) is 48.5 Å². The number of β-amino-alcohol motifs (C(OH)–C–C–N with tert-alkyl or cyclic N) is 1. The Bertz CT molecular complexity index is 816. The standard InChI is InChI=1S/C26H34ClNO2/c1-19-4-12-24(13-5-19)30-18-21-7-6-20(2)28(16-21)17-25(29)26(14-3-15-26)22-8-10-23(27)11-9-22/h4-5,8-13,20-21,25,29H,3,6-7,14-18H2,1-2H3/t20-,21-,25+/m1/s1. The number of aliphatic hydroxyl groups is 1. The molecule has 0 spiro atoms. The molecule has 162 valence electrons. The van der Waals surface area contributed by atoms with Crippen molar-refractivity contribution in [3.8, 4) is 5.75 Å². The Hall–Kier alpha value is -1.55. The lowest BCUT2D eigenvalue weighted by molar-refractivity contribution is -0.0214. The molecule has 0 aromatic heterocycles. The van der Waals surface area contributed by atoms with Gasteiger partial charge in [-0.25, -0.2) is 0 Å². The van der Waals surface area contributed by atoms with E-state index in [0.29, 0.717) is 12.0 Å². The Morgan fingerprint density at radius 2 is 1.80 bits per heavy atom. The van der Waals surface area contributed by atoms with Crippen LogP contribution in [0.2, 0.25) is 5.02 Å². The molecule has 2 aliphatic rings. The molecule has 0 bridgehead atoms. The van der Waals surface area contributed by atoms with Crippen molar-refractivity contribution in [1.29, 1.82) is 0 Å². The van der Waals surface area contributed by atoms with Crippen LogP contribution in [0.25, 0.3) is 0 Å². The molecule has 0 amide bonds. The second kappa shape index (κ2) is 9.30. The highest BCUT2D eigenvalue weighted by molar-refractivity contribution is 6.30. The van der Waals surface area contributed by atoms with Gasteiger partial charge in [-0.05, 0) is 69.4 Å². The van der Waals surface area contributed by atoms with Gasteiger partial charge in [0.05, 0.1) is 12.7 Å². The molecule has 4 rings (SSSR count). The third kappa shape index (κ3) is 4.69. The molecule has 30 heavy (non-hydrogen) atoms. The summed E-state index contributed by atoms with van der Waals surface area (Å²) in [5, 5.41) is 12.1. The normalized spacial score (nSPS) is 24.8. The summed E-state index contributed by atoms with van der Waals surface area (Å²) in [5.41, 5.74) is 2.37. The number of aryl methyl sites for hydroxylation is 1. The molecule has 1 saturated heterocycles. The lowest BCUT2D eigenvalue weighted by Gasteiger charge is -2.49. The van der Waals surface area contributed by atoms with Gasteiger partial charge in [0, 0.05) is 35.5 Å². The van der Waals surface area contributed by atoms with Gasteiger partial charge in [0.25, 0.3) is 0 Å². The van der Waals surface area contributed by atoms with Gasteiger partial charge in [-0.15, -0.1) is 0 Å². The molecule has 0 unspecified atom stereocenters. The van der Waals surface area contributed by atoms with Crippen LogP contribution >= 0.6 is 11.6 Å². The number of aliphatic hydroxyl groups excluding tert-OH is 1. The van der Waals surface area contributed by atoms with Crippen LogP contribution in [0.1, 0.15) is 50.2 Å². The molecule has 3 nitrogen and oxygen atoms in total. The summed E-state index contributed by atoms with van der Waals surface area (Å²) in [4.78, 5) is 2.48. The number of piperidine rings is 1. The summed E-state index contributed by atoms with van der Waals surface area (Å²) in [6.45, 7) is 6.84. The van der Waals surface area contributed by atoms with Crippen LogP contribution in [0.3, 0.4) is 0 Å². The second-order valence-corrected chi connectivity index (χ2v) is 9.84. The van der Waals surface area contributed by atoms with Crippen LogP contribution in [0, 0.1) is 12.8 Å². The molecule has 1 N–H and O–H groups in total. The minimum atomic E-state index is -0.355. The van der Waals surface area contributed by atoms with Gasteiger partial charge in [-0.3, -0.25) is 4.90 Å². The fraction of sp³-hybridized carbons (Fsp3) is 0.538. The number of likely N-dealkylation sites (tertiary alicyclic amines) is 1. The van der Waals surface area contributed by atoms with E-state index in [1.165, 1.54) is 24.0 Å². The van der Waals surface area contributed by atoms with Gasteiger partial charge in [0.15, 0.2) is 0 Å². The lowest BCUT2D eigenvalue weighted by atomic mass is 9.61. The van der Waals surface area contributed by atoms with E-state index in [1.807, 2.05) is 12.1 Å². The van der Waals surface area contributed by atoms with E-state index in [-0.39, 0.29) is 11.5 Å². The molecule has 1 aliphatic heterocycles. The molecule has 1 aliphatic carbocycles. The zero-order valence-electron chi connectivity index (χ0n) is 18.2. The number of rotatable bonds is 7. The number of hydrogen-bond donors (Lipinski definition) is 1. The summed E-state index contributed by atoms with van der Waals surface area (Å²) in [5.74, 6) is 1.45. The van der Waals surface area contributed by atoms with Crippen LogP contribution in [-0.2, 0) is 5.41 Å². The summed E-state index contributed by atoms with van der Waals surface area (Å²) >= 11 is 6.09. The number of ether oxygens (including phenoxy) is 1. The number of halogens is 1. The second-order valence-electron chi connectivity index (χ2n) is 9.40. The van der Waals surface area contributed by atoms with E-state index in [4.69, 9.17) is 16.3 Å². The molecule has 1 heterocycles. The number of hydrogen-bond acceptors (Lipinski definition) is 3. The zero-order valence-corrected chi connectivity index (χ0v) is 18.9. The minimum absolute atomic E-state index is 0.115. The average molecular weight is 428 g/mol. The molecule has 1 saturated carbocycles. The Morgan fingerprint density at radius 3 is 2.43 bits per heavy atom. The highest BCUT2D eigenvalue weighted by atomic mass is 35.5. The fourth-order valence-electron chi connectivity index (χ4n) is 5.05. The van der Waals surface area contributed by atoms with E-state index >= 15 is 0 Å². The molecule has 2 fully saturated rings. The van der Waals surface area contributed by atoms with E-state index in [0.717, 1.165) is 49.7 Å². The summed E-state index contributed by atoms with van der Waals surface area (Å²) < 4.78 is 6.07. The molecule has 2 aromatic rings. The van der Waals surface area contributed by atoms with Crippen molar-refractivity contribution in [2.75, 3.05) is 19.7 Å². The van der Waals surface area contributed by atoms with Crippen molar-refractivity contribution >= 4 is 11.6 Å². The predicted octanol–water partition coefficient (Wildman–Crippen LogP) is 5.61. The van der Waals surface area contributed by atoms with E-state index < -0.39 is 0 Å². The maximum atomic E-state index is 11.3.